The summed E-state index contributed by atoms with van der Waals surface area (Å²) in [7, 11) is -0.264. The van der Waals surface area contributed by atoms with Crippen molar-refractivity contribution in [1.29, 1.82) is 0 Å². The van der Waals surface area contributed by atoms with E-state index in [0.29, 0.717) is 6.54 Å². The maximum absolute atomic E-state index is 13.1. The molecule has 1 amide bonds. The predicted molar refractivity (Wildman–Crippen MR) is 124 cm³/mol. The molecule has 0 radical (unpaired) electrons. The molecule has 0 aromatic heterocycles. The Balaban J connectivity index is 1.78. The van der Waals surface area contributed by atoms with Crippen LogP contribution in [-0.2, 0) is 10.0 Å². The highest BCUT2D eigenvalue weighted by atomic mass is 35.5. The lowest BCUT2D eigenvalue weighted by atomic mass is 10.1. The molecule has 0 aliphatic heterocycles. The van der Waals surface area contributed by atoms with E-state index in [1.54, 1.807) is 0 Å². The monoisotopic (exact) mass is 475 g/mol. The maximum atomic E-state index is 13.1. The number of rotatable bonds is 8. The van der Waals surface area contributed by atoms with E-state index in [2.05, 4.69) is 10.0 Å². The molecule has 1 atom stereocenters. The van der Waals surface area contributed by atoms with Gasteiger partial charge in [0.2, 0.25) is 0 Å². The summed E-state index contributed by atoms with van der Waals surface area (Å²) in [6, 6.07) is 18.6. The van der Waals surface area contributed by atoms with Crippen molar-refractivity contribution in [3.63, 3.8) is 0 Å². The molecule has 0 unspecified atom stereocenters. The molecule has 2 N–H and O–H groups in total. The Labute approximate surface area is 192 Å². The van der Waals surface area contributed by atoms with Crippen molar-refractivity contribution < 1.29 is 17.6 Å². The van der Waals surface area contributed by atoms with Gasteiger partial charge in [-0.25, -0.2) is 12.8 Å². The van der Waals surface area contributed by atoms with Gasteiger partial charge in [0.1, 0.15) is 10.7 Å². The lowest BCUT2D eigenvalue weighted by Gasteiger charge is -2.25. The Morgan fingerprint density at radius 2 is 1.69 bits per heavy atom. The van der Waals surface area contributed by atoms with Gasteiger partial charge in [-0.1, -0.05) is 41.9 Å². The van der Waals surface area contributed by atoms with E-state index in [1.807, 2.05) is 49.3 Å². The second kappa shape index (κ2) is 10.1. The van der Waals surface area contributed by atoms with Crippen LogP contribution in [0.2, 0.25) is 5.02 Å². The third-order valence-electron chi connectivity index (χ3n) is 4.84. The zero-order valence-electron chi connectivity index (χ0n) is 17.5. The van der Waals surface area contributed by atoms with Gasteiger partial charge in [0.05, 0.1) is 11.1 Å². The second-order valence-corrected chi connectivity index (χ2v) is 9.42. The van der Waals surface area contributed by atoms with Crippen LogP contribution in [0.4, 0.5) is 10.1 Å². The van der Waals surface area contributed by atoms with Gasteiger partial charge in [-0.3, -0.25) is 9.52 Å². The van der Waals surface area contributed by atoms with Gasteiger partial charge >= 0.3 is 0 Å². The summed E-state index contributed by atoms with van der Waals surface area (Å²) in [5, 5.41) is 2.82. The van der Waals surface area contributed by atoms with Crippen molar-refractivity contribution >= 4 is 33.2 Å². The van der Waals surface area contributed by atoms with Crippen molar-refractivity contribution in [3.05, 3.63) is 94.8 Å². The molecule has 9 heteroatoms. The first-order valence-electron chi connectivity index (χ1n) is 9.75. The highest BCUT2D eigenvalue weighted by molar-refractivity contribution is 7.92. The van der Waals surface area contributed by atoms with Crippen LogP contribution in [0.5, 0.6) is 0 Å². The van der Waals surface area contributed by atoms with Gasteiger partial charge in [0, 0.05) is 17.8 Å². The largest absolute Gasteiger partial charge is 0.350 e. The minimum Gasteiger partial charge on any atom is -0.350 e. The first-order chi connectivity index (χ1) is 15.2. The van der Waals surface area contributed by atoms with Gasteiger partial charge in [-0.15, -0.1) is 0 Å². The van der Waals surface area contributed by atoms with Crippen LogP contribution in [-0.4, -0.2) is 39.9 Å². The molecule has 32 heavy (non-hydrogen) atoms. The molecule has 3 rings (SSSR count). The molecule has 0 saturated carbocycles. The van der Waals surface area contributed by atoms with E-state index >= 15 is 0 Å². The Bertz CT molecular complexity index is 1190. The summed E-state index contributed by atoms with van der Waals surface area (Å²) in [5.41, 5.74) is 1.37. The number of halogens is 2. The summed E-state index contributed by atoms with van der Waals surface area (Å²) in [6.07, 6.45) is 0. The number of hydrogen-bond acceptors (Lipinski definition) is 4. The Kier molecular flexibility index (Phi) is 7.50. The molecule has 0 saturated heterocycles. The minimum absolute atomic E-state index is 0.0355. The van der Waals surface area contributed by atoms with E-state index < -0.39 is 21.7 Å². The number of hydrogen-bond donors (Lipinski definition) is 2. The third-order valence-corrected chi connectivity index (χ3v) is 6.71. The fourth-order valence-corrected chi connectivity index (χ4v) is 4.73. The van der Waals surface area contributed by atoms with Crippen molar-refractivity contribution in [3.8, 4) is 0 Å². The van der Waals surface area contributed by atoms with E-state index in [4.69, 9.17) is 11.6 Å². The maximum Gasteiger partial charge on any atom is 0.263 e. The van der Waals surface area contributed by atoms with Crippen LogP contribution >= 0.6 is 11.6 Å². The summed E-state index contributed by atoms with van der Waals surface area (Å²) in [5.74, 6) is -0.918. The van der Waals surface area contributed by atoms with Crippen LogP contribution in [0, 0.1) is 5.82 Å². The Hall–Kier alpha value is -2.94. The number of nitrogens with one attached hydrogen (secondary N) is 2. The number of carbonyl (C=O) groups is 1. The standard InChI is InChI=1S/C23H23ClFN3O3S/c1-28(2)21(16-6-4-3-5-7-16)15-26-23(29)17-8-13-20(24)22(14-17)32(30,31)27-19-11-9-18(25)10-12-19/h3-14,21,27H,15H2,1-2H3,(H,26,29)/t21-/m0/s1. The quantitative estimate of drug-likeness (QED) is 0.508. The van der Waals surface area contributed by atoms with Crippen molar-refractivity contribution in [2.75, 3.05) is 25.4 Å². The fourth-order valence-electron chi connectivity index (χ4n) is 3.14. The van der Waals surface area contributed by atoms with E-state index in [1.165, 1.54) is 30.3 Å². The molecule has 0 aliphatic carbocycles. The molecular formula is C23H23ClFN3O3S. The molecule has 3 aromatic carbocycles. The molecule has 0 aliphatic rings. The number of anilines is 1. The first-order valence-corrected chi connectivity index (χ1v) is 11.6. The van der Waals surface area contributed by atoms with Crippen LogP contribution in [0.25, 0.3) is 0 Å². The molecule has 0 heterocycles. The number of carbonyl (C=O) groups excluding carboxylic acids is 1. The summed E-state index contributed by atoms with van der Waals surface area (Å²) < 4.78 is 41.0. The van der Waals surface area contributed by atoms with Crippen molar-refractivity contribution in [2.24, 2.45) is 0 Å². The average Bonchev–Trinajstić information content (AvgIpc) is 2.76. The van der Waals surface area contributed by atoms with Crippen LogP contribution < -0.4 is 10.0 Å². The van der Waals surface area contributed by atoms with Gasteiger partial charge in [-0.05, 0) is 62.1 Å². The molecular weight excluding hydrogens is 453 g/mol. The third kappa shape index (κ3) is 5.85. The number of likely N-dealkylation sites (N-methyl/N-ethyl adjacent to an activating group) is 1. The van der Waals surface area contributed by atoms with E-state index in [-0.39, 0.29) is 27.2 Å². The minimum atomic E-state index is -4.09. The second-order valence-electron chi connectivity index (χ2n) is 7.36. The van der Waals surface area contributed by atoms with Crippen LogP contribution in [0.15, 0.2) is 77.7 Å². The number of amides is 1. The first kappa shape index (κ1) is 23.7. The van der Waals surface area contributed by atoms with Gasteiger partial charge in [-0.2, -0.15) is 0 Å². The number of sulfonamides is 1. The number of nitrogens with zero attached hydrogens (tertiary/aromatic N) is 1. The topological polar surface area (TPSA) is 78.5 Å². The normalized spacial score (nSPS) is 12.4. The molecule has 0 fully saturated rings. The van der Waals surface area contributed by atoms with Crippen LogP contribution in [0.3, 0.4) is 0 Å². The highest BCUT2D eigenvalue weighted by Gasteiger charge is 2.21. The SMILES string of the molecule is CN(C)[C@@H](CNC(=O)c1ccc(Cl)c(S(=O)(=O)Nc2ccc(F)cc2)c1)c1ccccc1. The smallest absolute Gasteiger partial charge is 0.263 e. The Morgan fingerprint density at radius 3 is 2.31 bits per heavy atom. The van der Waals surface area contributed by atoms with Crippen molar-refractivity contribution in [1.82, 2.24) is 10.2 Å². The van der Waals surface area contributed by atoms with Gasteiger partial charge in [0.15, 0.2) is 0 Å². The zero-order chi connectivity index (χ0) is 23.3. The molecule has 0 bridgehead atoms. The Morgan fingerprint density at radius 1 is 1.03 bits per heavy atom. The van der Waals surface area contributed by atoms with Gasteiger partial charge < -0.3 is 10.2 Å². The molecule has 3 aromatic rings. The average molecular weight is 476 g/mol. The molecule has 6 nitrogen and oxygen atoms in total. The van der Waals surface area contributed by atoms with E-state index in [0.717, 1.165) is 17.7 Å². The van der Waals surface area contributed by atoms with Crippen molar-refractivity contribution in [2.45, 2.75) is 10.9 Å². The molecule has 168 valence electrons. The lowest BCUT2D eigenvalue weighted by molar-refractivity contribution is 0.0941. The summed E-state index contributed by atoms with van der Waals surface area (Å²) in [4.78, 5) is 14.5. The lowest BCUT2D eigenvalue weighted by Crippen LogP contribution is -2.34. The molecule has 0 spiro atoms. The number of benzene rings is 3. The highest BCUT2D eigenvalue weighted by Crippen LogP contribution is 2.25. The van der Waals surface area contributed by atoms with Gasteiger partial charge in [0.25, 0.3) is 15.9 Å². The summed E-state index contributed by atoms with van der Waals surface area (Å²) >= 11 is 6.11. The fraction of sp³-hybridized carbons (Fsp3) is 0.174. The summed E-state index contributed by atoms with van der Waals surface area (Å²) in [6.45, 7) is 0.328. The zero-order valence-corrected chi connectivity index (χ0v) is 19.1. The predicted octanol–water partition coefficient (Wildman–Crippen LogP) is 4.31. The van der Waals surface area contributed by atoms with Crippen LogP contribution in [0.1, 0.15) is 22.0 Å². The van der Waals surface area contributed by atoms with E-state index in [9.17, 15) is 17.6 Å².